The summed E-state index contributed by atoms with van der Waals surface area (Å²) in [6, 6.07) is 35.7. The molecule has 4 aromatic carbocycles. The van der Waals surface area contributed by atoms with Crippen molar-refractivity contribution in [1.29, 1.82) is 0 Å². The van der Waals surface area contributed by atoms with Crippen LogP contribution in [0.2, 0.25) is 0 Å². The molecule has 0 N–H and O–H groups in total. The van der Waals surface area contributed by atoms with Gasteiger partial charge in [-0.15, -0.1) is 0 Å². The van der Waals surface area contributed by atoms with Gasteiger partial charge in [-0.05, 0) is 47.9 Å². The molecule has 0 aliphatic carbocycles. The molecule has 1 aliphatic heterocycles. The van der Waals surface area contributed by atoms with Crippen LogP contribution in [0.5, 0.6) is 5.75 Å². The summed E-state index contributed by atoms with van der Waals surface area (Å²) in [6.07, 6.45) is 1.20. The molecule has 0 saturated carbocycles. The first kappa shape index (κ1) is 29.4. The average molecular weight is 584 g/mol. The zero-order chi connectivity index (χ0) is 29.5. The number of carbonyl (C=O) groups excluding carboxylic acids is 1. The summed E-state index contributed by atoms with van der Waals surface area (Å²) < 4.78 is 32.3. The lowest BCUT2D eigenvalue weighted by Gasteiger charge is -2.39. The summed E-state index contributed by atoms with van der Waals surface area (Å²) in [7, 11) is -3.50. The number of amides is 1. The van der Waals surface area contributed by atoms with Crippen LogP contribution in [-0.2, 0) is 21.4 Å². The second-order valence-electron chi connectivity index (χ2n) is 10.7. The van der Waals surface area contributed by atoms with Gasteiger partial charge in [0.2, 0.25) is 10.0 Å². The van der Waals surface area contributed by atoms with Gasteiger partial charge < -0.3 is 9.64 Å². The number of hydrogen-bond acceptors (Lipinski definition) is 5. The van der Waals surface area contributed by atoms with Crippen LogP contribution in [0.25, 0.3) is 0 Å². The van der Waals surface area contributed by atoms with Crippen molar-refractivity contribution in [3.8, 4) is 5.75 Å². The number of rotatable bonds is 10. The van der Waals surface area contributed by atoms with Crippen molar-refractivity contribution in [2.24, 2.45) is 0 Å². The third kappa shape index (κ3) is 7.38. The van der Waals surface area contributed by atoms with Crippen molar-refractivity contribution in [2.75, 3.05) is 43.3 Å². The second-order valence-corrected chi connectivity index (χ2v) is 12.6. The normalized spacial score (nSPS) is 14.1. The number of nitrogens with zero attached hydrogens (tertiary/aromatic N) is 3. The molecule has 0 unspecified atom stereocenters. The minimum atomic E-state index is -3.50. The quantitative estimate of drug-likeness (QED) is 0.254. The molecule has 0 bridgehead atoms. The van der Waals surface area contributed by atoms with Crippen LogP contribution in [-0.4, -0.2) is 63.2 Å². The average Bonchev–Trinajstić information content (AvgIpc) is 3.01. The van der Waals surface area contributed by atoms with E-state index in [2.05, 4.69) is 53.4 Å². The Kier molecular flexibility index (Phi) is 9.25. The number of ether oxygens (including phenoxy) is 1. The highest BCUT2D eigenvalue weighted by Gasteiger charge is 2.28. The van der Waals surface area contributed by atoms with Gasteiger partial charge in [-0.2, -0.15) is 0 Å². The summed E-state index contributed by atoms with van der Waals surface area (Å²) in [4.78, 5) is 17.3. The summed E-state index contributed by atoms with van der Waals surface area (Å²) in [6.45, 7) is 4.93. The summed E-state index contributed by atoms with van der Waals surface area (Å²) in [5.74, 6) is 0.453. The van der Waals surface area contributed by atoms with Crippen molar-refractivity contribution in [1.82, 2.24) is 9.80 Å². The van der Waals surface area contributed by atoms with Crippen LogP contribution >= 0.6 is 0 Å². The van der Waals surface area contributed by atoms with Crippen molar-refractivity contribution < 1.29 is 17.9 Å². The Morgan fingerprint density at radius 3 is 1.86 bits per heavy atom. The van der Waals surface area contributed by atoms with Gasteiger partial charge in [0.15, 0.2) is 6.61 Å². The lowest BCUT2D eigenvalue weighted by molar-refractivity contribution is -0.135. The highest BCUT2D eigenvalue weighted by atomic mass is 32.2. The van der Waals surface area contributed by atoms with Crippen LogP contribution in [0.4, 0.5) is 5.69 Å². The maximum absolute atomic E-state index is 13.0. The van der Waals surface area contributed by atoms with Gasteiger partial charge in [-0.3, -0.25) is 14.0 Å². The maximum Gasteiger partial charge on any atom is 0.260 e. The molecule has 7 nitrogen and oxygen atoms in total. The minimum Gasteiger partial charge on any atom is -0.484 e. The Morgan fingerprint density at radius 1 is 0.786 bits per heavy atom. The molecule has 4 aromatic rings. The van der Waals surface area contributed by atoms with Crippen LogP contribution in [0.15, 0.2) is 109 Å². The van der Waals surface area contributed by atoms with E-state index in [0.717, 1.165) is 24.2 Å². The van der Waals surface area contributed by atoms with Crippen molar-refractivity contribution in [2.45, 2.75) is 19.5 Å². The lowest BCUT2D eigenvalue weighted by Crippen LogP contribution is -2.51. The SMILES string of the molecule is Cc1ccc(CN(c2ccc(OCC(=O)N3CCN(C(c4ccccc4)c4ccccc4)CC3)cc2)S(C)(=O)=O)cc1. The predicted molar refractivity (Wildman–Crippen MR) is 167 cm³/mol. The van der Waals surface area contributed by atoms with Crippen LogP contribution < -0.4 is 9.04 Å². The van der Waals surface area contributed by atoms with E-state index in [9.17, 15) is 13.2 Å². The molecule has 0 aromatic heterocycles. The molecule has 0 radical (unpaired) electrons. The van der Waals surface area contributed by atoms with E-state index in [1.54, 1.807) is 24.3 Å². The molecule has 1 heterocycles. The first-order chi connectivity index (χ1) is 20.3. The fraction of sp³-hybridized carbons (Fsp3) is 0.265. The zero-order valence-electron chi connectivity index (χ0n) is 24.1. The molecular formula is C34H37N3O4S. The van der Waals surface area contributed by atoms with Gasteiger partial charge in [-0.1, -0.05) is 90.5 Å². The molecule has 218 valence electrons. The molecule has 1 fully saturated rings. The van der Waals surface area contributed by atoms with Gasteiger partial charge >= 0.3 is 0 Å². The molecule has 1 saturated heterocycles. The van der Waals surface area contributed by atoms with E-state index < -0.39 is 10.0 Å². The van der Waals surface area contributed by atoms with Crippen LogP contribution in [0.1, 0.15) is 28.3 Å². The summed E-state index contributed by atoms with van der Waals surface area (Å²) >= 11 is 0. The van der Waals surface area contributed by atoms with E-state index in [4.69, 9.17) is 4.74 Å². The van der Waals surface area contributed by atoms with Gasteiger partial charge in [0, 0.05) is 26.2 Å². The van der Waals surface area contributed by atoms with Gasteiger partial charge in [0.05, 0.1) is 24.5 Å². The third-order valence-electron chi connectivity index (χ3n) is 7.60. The number of sulfonamides is 1. The van der Waals surface area contributed by atoms with Gasteiger partial charge in [0.25, 0.3) is 5.91 Å². The van der Waals surface area contributed by atoms with E-state index in [1.807, 2.05) is 48.2 Å². The lowest BCUT2D eigenvalue weighted by atomic mass is 9.96. The van der Waals surface area contributed by atoms with Crippen molar-refractivity contribution >= 4 is 21.6 Å². The first-order valence-corrected chi connectivity index (χ1v) is 16.0. The second kappa shape index (κ2) is 13.2. The highest BCUT2D eigenvalue weighted by Crippen LogP contribution is 2.29. The Hall–Kier alpha value is -4.14. The molecule has 1 amide bonds. The van der Waals surface area contributed by atoms with E-state index in [0.29, 0.717) is 24.5 Å². The van der Waals surface area contributed by atoms with Crippen molar-refractivity contribution in [3.63, 3.8) is 0 Å². The molecule has 8 heteroatoms. The molecule has 5 rings (SSSR count). The predicted octanol–water partition coefficient (Wildman–Crippen LogP) is 5.27. The highest BCUT2D eigenvalue weighted by molar-refractivity contribution is 7.92. The number of anilines is 1. The van der Waals surface area contributed by atoms with Gasteiger partial charge in [-0.25, -0.2) is 8.42 Å². The van der Waals surface area contributed by atoms with E-state index in [-0.39, 0.29) is 25.1 Å². The largest absolute Gasteiger partial charge is 0.484 e. The molecule has 0 spiro atoms. The Bertz CT molecular complexity index is 1510. The molecule has 42 heavy (non-hydrogen) atoms. The van der Waals surface area contributed by atoms with Gasteiger partial charge in [0.1, 0.15) is 5.75 Å². The Labute approximate surface area is 249 Å². The Morgan fingerprint density at radius 2 is 1.33 bits per heavy atom. The van der Waals surface area contributed by atoms with Crippen molar-refractivity contribution in [3.05, 3.63) is 131 Å². The number of piperazine rings is 1. The third-order valence-corrected chi connectivity index (χ3v) is 8.74. The fourth-order valence-corrected chi connectivity index (χ4v) is 6.21. The topological polar surface area (TPSA) is 70.2 Å². The first-order valence-electron chi connectivity index (χ1n) is 14.2. The van der Waals surface area contributed by atoms with E-state index >= 15 is 0 Å². The van der Waals surface area contributed by atoms with Crippen LogP contribution in [0.3, 0.4) is 0 Å². The number of aryl methyl sites for hydroxylation is 1. The number of hydrogen-bond donors (Lipinski definition) is 0. The zero-order valence-corrected chi connectivity index (χ0v) is 24.9. The molecular weight excluding hydrogens is 546 g/mol. The molecule has 1 aliphatic rings. The van der Waals surface area contributed by atoms with E-state index in [1.165, 1.54) is 21.7 Å². The van der Waals surface area contributed by atoms with Crippen LogP contribution in [0, 0.1) is 6.92 Å². The Balaban J connectivity index is 1.17. The maximum atomic E-state index is 13.0. The summed E-state index contributed by atoms with van der Waals surface area (Å²) in [5, 5.41) is 0. The smallest absolute Gasteiger partial charge is 0.260 e. The minimum absolute atomic E-state index is 0.0631. The molecule has 0 atom stereocenters. The fourth-order valence-electron chi connectivity index (χ4n) is 5.32. The monoisotopic (exact) mass is 583 g/mol. The standard InChI is InChI=1S/C34H37N3O4S/c1-27-13-15-28(16-14-27)25-37(42(2,39)40)31-17-19-32(20-18-31)41-26-33(38)35-21-23-36(24-22-35)34(29-9-5-3-6-10-29)30-11-7-4-8-12-30/h3-20,34H,21-26H2,1-2H3. The number of carbonyl (C=O) groups is 1. The number of benzene rings is 4. The summed E-state index contributed by atoms with van der Waals surface area (Å²) in [5.41, 5.74) is 5.04.